The lowest BCUT2D eigenvalue weighted by Crippen LogP contribution is -2.23. The molecule has 27 heavy (non-hydrogen) atoms. The average Bonchev–Trinajstić information content (AvgIpc) is 3.11. The summed E-state index contributed by atoms with van der Waals surface area (Å²) in [5, 5.41) is 8.37. The minimum Gasteiger partial charge on any atom is -0.344 e. The first-order valence-corrected chi connectivity index (χ1v) is 7.76. The monoisotopic (exact) mass is 373 g/mol. The Kier molecular flexibility index (Phi) is 5.45. The molecule has 0 unspecified atom stereocenters. The molecule has 138 valence electrons. The molecular formula is C17H13F2N5O3. The molecule has 0 fully saturated rings. The highest BCUT2D eigenvalue weighted by atomic mass is 19.1. The molecule has 0 spiro atoms. The van der Waals surface area contributed by atoms with Gasteiger partial charge < -0.3 is 15.2 Å². The van der Waals surface area contributed by atoms with Crippen LogP contribution in [0, 0.1) is 11.6 Å². The molecule has 3 aromatic rings. The van der Waals surface area contributed by atoms with Crippen molar-refractivity contribution in [2.45, 2.75) is 13.0 Å². The van der Waals surface area contributed by atoms with E-state index in [1.54, 1.807) is 24.5 Å². The molecule has 0 atom stereocenters. The predicted octanol–water partition coefficient (Wildman–Crippen LogP) is 1.85. The molecule has 0 radical (unpaired) electrons. The standard InChI is InChI=1S/C17H13F2N5O3/c18-11-3-4-13(12(19)6-11)22-15(25)7-14-23-17(27-24-14)16(26)21-9-10-2-1-5-20-8-10/h1-6,8H,7,9H2,(H,21,26)(H,22,25). The van der Waals surface area contributed by atoms with Crippen molar-refractivity contribution in [3.05, 3.63) is 71.6 Å². The number of rotatable bonds is 6. The Morgan fingerprint density at radius 3 is 2.78 bits per heavy atom. The lowest BCUT2D eigenvalue weighted by Gasteiger charge is -2.04. The second-order valence-electron chi connectivity index (χ2n) is 5.41. The molecule has 10 heteroatoms. The molecule has 2 aromatic heterocycles. The van der Waals surface area contributed by atoms with E-state index < -0.39 is 23.4 Å². The van der Waals surface area contributed by atoms with Crippen LogP contribution in [0.2, 0.25) is 0 Å². The first-order chi connectivity index (χ1) is 13.0. The van der Waals surface area contributed by atoms with Gasteiger partial charge in [0, 0.05) is 25.0 Å². The van der Waals surface area contributed by atoms with Crippen LogP contribution in [0.3, 0.4) is 0 Å². The molecule has 0 saturated carbocycles. The fourth-order valence-electron chi connectivity index (χ4n) is 2.11. The van der Waals surface area contributed by atoms with Crippen molar-refractivity contribution in [1.29, 1.82) is 0 Å². The Bertz CT molecular complexity index is 962. The van der Waals surface area contributed by atoms with Crippen molar-refractivity contribution < 1.29 is 22.9 Å². The van der Waals surface area contributed by atoms with Crippen LogP contribution in [0.5, 0.6) is 0 Å². The van der Waals surface area contributed by atoms with Crippen LogP contribution in [-0.4, -0.2) is 26.9 Å². The third-order valence-electron chi connectivity index (χ3n) is 3.36. The topological polar surface area (TPSA) is 110 Å². The van der Waals surface area contributed by atoms with Crippen molar-refractivity contribution in [2.75, 3.05) is 5.32 Å². The number of halogens is 2. The number of carbonyl (C=O) groups excluding carboxylic acids is 2. The molecule has 0 bridgehead atoms. The quantitative estimate of drug-likeness (QED) is 0.682. The minimum absolute atomic E-state index is 0.0541. The van der Waals surface area contributed by atoms with Crippen molar-refractivity contribution in [3.63, 3.8) is 0 Å². The fourth-order valence-corrected chi connectivity index (χ4v) is 2.11. The molecule has 0 saturated heterocycles. The second kappa shape index (κ2) is 8.13. The highest BCUT2D eigenvalue weighted by Crippen LogP contribution is 2.15. The normalized spacial score (nSPS) is 10.4. The van der Waals surface area contributed by atoms with Crippen LogP contribution in [-0.2, 0) is 17.8 Å². The average molecular weight is 373 g/mol. The molecule has 8 nitrogen and oxygen atoms in total. The summed E-state index contributed by atoms with van der Waals surface area (Å²) in [6.45, 7) is 0.217. The zero-order chi connectivity index (χ0) is 19.2. The number of aromatic nitrogens is 3. The van der Waals surface area contributed by atoms with E-state index in [-0.39, 0.29) is 30.4 Å². The lowest BCUT2D eigenvalue weighted by atomic mass is 10.3. The van der Waals surface area contributed by atoms with E-state index in [0.717, 1.165) is 17.7 Å². The SMILES string of the molecule is O=C(Cc1noc(C(=O)NCc2cccnc2)n1)Nc1ccc(F)cc1F. The van der Waals surface area contributed by atoms with Gasteiger partial charge in [-0.1, -0.05) is 11.2 Å². The maximum Gasteiger partial charge on any atom is 0.315 e. The molecular weight excluding hydrogens is 360 g/mol. The Morgan fingerprint density at radius 2 is 2.04 bits per heavy atom. The Morgan fingerprint density at radius 1 is 1.19 bits per heavy atom. The van der Waals surface area contributed by atoms with Crippen molar-refractivity contribution >= 4 is 17.5 Å². The zero-order valence-corrected chi connectivity index (χ0v) is 13.8. The fraction of sp³-hybridized carbons (Fsp3) is 0.118. The van der Waals surface area contributed by atoms with E-state index in [1.807, 2.05) is 0 Å². The van der Waals surface area contributed by atoms with Gasteiger partial charge in [0.25, 0.3) is 0 Å². The van der Waals surface area contributed by atoms with Crippen LogP contribution < -0.4 is 10.6 Å². The Balaban J connectivity index is 1.55. The van der Waals surface area contributed by atoms with Gasteiger partial charge in [0.15, 0.2) is 5.82 Å². The molecule has 2 amide bonds. The van der Waals surface area contributed by atoms with Crippen molar-refractivity contribution in [2.24, 2.45) is 0 Å². The van der Waals surface area contributed by atoms with Gasteiger partial charge in [-0.05, 0) is 23.8 Å². The Labute approximate surface area is 151 Å². The molecule has 0 aliphatic heterocycles. The van der Waals surface area contributed by atoms with Crippen molar-refractivity contribution in [1.82, 2.24) is 20.4 Å². The number of benzene rings is 1. The number of nitrogens with one attached hydrogen (secondary N) is 2. The maximum absolute atomic E-state index is 13.5. The molecule has 2 N–H and O–H groups in total. The lowest BCUT2D eigenvalue weighted by molar-refractivity contribution is -0.115. The summed E-state index contributed by atoms with van der Waals surface area (Å²) in [4.78, 5) is 31.6. The van der Waals surface area contributed by atoms with Crippen LogP contribution in [0.4, 0.5) is 14.5 Å². The van der Waals surface area contributed by atoms with Gasteiger partial charge in [0.2, 0.25) is 5.91 Å². The van der Waals surface area contributed by atoms with Crippen LogP contribution in [0.25, 0.3) is 0 Å². The zero-order valence-electron chi connectivity index (χ0n) is 13.8. The predicted molar refractivity (Wildman–Crippen MR) is 88.4 cm³/mol. The maximum atomic E-state index is 13.5. The largest absolute Gasteiger partial charge is 0.344 e. The summed E-state index contributed by atoms with van der Waals surface area (Å²) in [6, 6.07) is 6.27. The second-order valence-corrected chi connectivity index (χ2v) is 5.41. The number of anilines is 1. The van der Waals surface area contributed by atoms with E-state index in [0.29, 0.717) is 6.07 Å². The van der Waals surface area contributed by atoms with Gasteiger partial charge in [-0.15, -0.1) is 0 Å². The summed E-state index contributed by atoms with van der Waals surface area (Å²) in [5.41, 5.74) is 0.602. The summed E-state index contributed by atoms with van der Waals surface area (Å²) in [7, 11) is 0. The van der Waals surface area contributed by atoms with E-state index in [9.17, 15) is 18.4 Å². The molecule has 0 aliphatic carbocycles. The van der Waals surface area contributed by atoms with Gasteiger partial charge in [0.1, 0.15) is 11.6 Å². The van der Waals surface area contributed by atoms with E-state index in [1.165, 1.54) is 0 Å². The number of hydrogen-bond acceptors (Lipinski definition) is 6. The number of hydrogen-bond donors (Lipinski definition) is 2. The molecule has 1 aromatic carbocycles. The van der Waals surface area contributed by atoms with Crippen molar-refractivity contribution in [3.8, 4) is 0 Å². The van der Waals surface area contributed by atoms with E-state index in [2.05, 4.69) is 25.8 Å². The van der Waals surface area contributed by atoms with Crippen LogP contribution >= 0.6 is 0 Å². The minimum atomic E-state index is -0.910. The van der Waals surface area contributed by atoms with E-state index in [4.69, 9.17) is 4.52 Å². The Hall–Kier alpha value is -3.69. The molecule has 3 rings (SSSR count). The molecule has 2 heterocycles. The summed E-state index contributed by atoms with van der Waals surface area (Å²) in [6.07, 6.45) is 2.85. The van der Waals surface area contributed by atoms with E-state index >= 15 is 0 Å². The number of nitrogens with zero attached hydrogens (tertiary/aromatic N) is 3. The number of amides is 2. The van der Waals surface area contributed by atoms with Gasteiger partial charge in [-0.3, -0.25) is 14.6 Å². The summed E-state index contributed by atoms with van der Waals surface area (Å²) in [5.74, 6) is -3.29. The van der Waals surface area contributed by atoms with Crippen LogP contribution in [0.1, 0.15) is 22.1 Å². The van der Waals surface area contributed by atoms with Crippen LogP contribution in [0.15, 0.2) is 47.2 Å². The van der Waals surface area contributed by atoms with Gasteiger partial charge in [-0.2, -0.15) is 4.98 Å². The van der Waals surface area contributed by atoms with Gasteiger partial charge >= 0.3 is 11.8 Å². The molecule has 0 aliphatic rings. The first kappa shape index (κ1) is 18.1. The third-order valence-corrected chi connectivity index (χ3v) is 3.36. The number of carbonyl (C=O) groups is 2. The number of pyridine rings is 1. The summed E-state index contributed by atoms with van der Waals surface area (Å²) < 4.78 is 31.2. The smallest absolute Gasteiger partial charge is 0.315 e. The highest BCUT2D eigenvalue weighted by molar-refractivity contribution is 5.92. The summed E-state index contributed by atoms with van der Waals surface area (Å²) >= 11 is 0. The van der Waals surface area contributed by atoms with Gasteiger partial charge in [-0.25, -0.2) is 8.78 Å². The highest BCUT2D eigenvalue weighted by Gasteiger charge is 2.17. The third kappa shape index (κ3) is 4.91. The van der Waals surface area contributed by atoms with Gasteiger partial charge in [0.05, 0.1) is 12.1 Å². The first-order valence-electron chi connectivity index (χ1n) is 7.76.